The zero-order chi connectivity index (χ0) is 8.93. The van der Waals surface area contributed by atoms with Gasteiger partial charge in [0, 0.05) is 5.71 Å². The first-order valence-electron chi connectivity index (χ1n) is 4.57. The van der Waals surface area contributed by atoms with Crippen molar-refractivity contribution in [2.45, 2.75) is 25.7 Å². The van der Waals surface area contributed by atoms with Crippen LogP contribution in [0.4, 0.5) is 0 Å². The molecule has 1 aromatic rings. The predicted octanol–water partition coefficient (Wildman–Crippen LogP) is 2.63. The van der Waals surface area contributed by atoms with Gasteiger partial charge in [0.2, 0.25) is 0 Å². The molecule has 1 saturated carbocycles. The van der Waals surface area contributed by atoms with E-state index in [0.29, 0.717) is 0 Å². The van der Waals surface area contributed by atoms with Crippen LogP contribution in [0.25, 0.3) is 0 Å². The van der Waals surface area contributed by atoms with E-state index in [4.69, 9.17) is 4.42 Å². The Labute approximate surface area is 77.2 Å². The Bertz CT molecular complexity index is 304. The summed E-state index contributed by atoms with van der Waals surface area (Å²) >= 11 is 0. The van der Waals surface area contributed by atoms with E-state index in [0.717, 1.165) is 18.6 Å². The maximum atomic E-state index is 5.08. The smallest absolute Gasteiger partial charge is 0.146 e. The molecule has 0 spiro atoms. The Kier molecular flexibility index (Phi) is 2.55. The molecule has 0 radical (unpaired) electrons. The van der Waals surface area contributed by atoms with E-state index in [1.54, 1.807) is 12.5 Å². The highest BCUT2D eigenvalue weighted by Crippen LogP contribution is 2.14. The monoisotopic (exact) mass is 176 g/mol. The van der Waals surface area contributed by atoms with Crippen LogP contribution < -0.4 is 0 Å². The summed E-state index contributed by atoms with van der Waals surface area (Å²) in [6.45, 7) is 0. The Hall–Kier alpha value is -1.38. The quantitative estimate of drug-likeness (QED) is 0.504. The molecule has 1 fully saturated rings. The van der Waals surface area contributed by atoms with Crippen molar-refractivity contribution in [2.75, 3.05) is 0 Å². The minimum atomic E-state index is 0.752. The van der Waals surface area contributed by atoms with Crippen LogP contribution in [0.15, 0.2) is 33.0 Å². The third-order valence-corrected chi connectivity index (χ3v) is 2.11. The van der Waals surface area contributed by atoms with Crippen LogP contribution in [0, 0.1) is 0 Å². The Balaban J connectivity index is 1.94. The summed E-state index contributed by atoms with van der Waals surface area (Å²) < 4.78 is 5.08. The molecule has 0 amide bonds. The number of furan rings is 1. The first kappa shape index (κ1) is 8.23. The summed E-state index contributed by atoms with van der Waals surface area (Å²) in [4.78, 5) is 0. The fraction of sp³-hybridized carbons (Fsp3) is 0.400. The van der Waals surface area contributed by atoms with Gasteiger partial charge in [-0.05, 0) is 37.8 Å². The summed E-state index contributed by atoms with van der Waals surface area (Å²) in [6.07, 6.45) is 8.00. The molecule has 0 aromatic carbocycles. The maximum Gasteiger partial charge on any atom is 0.146 e. The lowest BCUT2D eigenvalue weighted by atomic mass is 10.3. The highest BCUT2D eigenvalue weighted by molar-refractivity contribution is 5.86. The summed E-state index contributed by atoms with van der Waals surface area (Å²) in [5, 5.41) is 8.09. The highest BCUT2D eigenvalue weighted by Gasteiger charge is 2.06. The van der Waals surface area contributed by atoms with Crippen molar-refractivity contribution >= 4 is 11.9 Å². The lowest BCUT2D eigenvalue weighted by molar-refractivity contribution is 0.560. The van der Waals surface area contributed by atoms with Gasteiger partial charge in [0.15, 0.2) is 0 Å². The molecule has 0 unspecified atom stereocenters. The Morgan fingerprint density at radius 3 is 2.85 bits per heavy atom. The number of nitrogens with zero attached hydrogens (tertiary/aromatic N) is 2. The van der Waals surface area contributed by atoms with Crippen molar-refractivity contribution in [1.82, 2.24) is 0 Å². The van der Waals surface area contributed by atoms with Gasteiger partial charge in [-0.1, -0.05) is 0 Å². The molecule has 1 aliphatic carbocycles. The summed E-state index contributed by atoms with van der Waals surface area (Å²) in [7, 11) is 0. The third kappa shape index (κ3) is 2.28. The summed E-state index contributed by atoms with van der Waals surface area (Å²) in [5.74, 6) is 0.752. The van der Waals surface area contributed by atoms with Crippen molar-refractivity contribution < 1.29 is 4.42 Å². The van der Waals surface area contributed by atoms with Gasteiger partial charge < -0.3 is 4.42 Å². The third-order valence-electron chi connectivity index (χ3n) is 2.11. The Morgan fingerprint density at radius 2 is 2.15 bits per heavy atom. The molecule has 0 bridgehead atoms. The summed E-state index contributed by atoms with van der Waals surface area (Å²) in [5.41, 5.74) is 1.21. The second-order valence-electron chi connectivity index (χ2n) is 3.13. The molecular formula is C10H12N2O. The molecule has 13 heavy (non-hydrogen) atoms. The van der Waals surface area contributed by atoms with Gasteiger partial charge >= 0.3 is 0 Å². The number of hydrogen-bond donors (Lipinski definition) is 0. The van der Waals surface area contributed by atoms with E-state index in [1.165, 1.54) is 18.6 Å². The second kappa shape index (κ2) is 4.03. The van der Waals surface area contributed by atoms with Crippen molar-refractivity contribution in [2.24, 2.45) is 10.2 Å². The normalized spacial score (nSPS) is 17.1. The molecule has 68 valence electrons. The van der Waals surface area contributed by atoms with Crippen molar-refractivity contribution in [3.63, 3.8) is 0 Å². The van der Waals surface area contributed by atoms with E-state index in [9.17, 15) is 0 Å². The summed E-state index contributed by atoms with van der Waals surface area (Å²) in [6, 6.07) is 3.70. The molecule has 0 atom stereocenters. The zero-order valence-corrected chi connectivity index (χ0v) is 7.44. The molecule has 0 aliphatic heterocycles. The molecule has 3 heteroatoms. The average molecular weight is 176 g/mol. The topological polar surface area (TPSA) is 37.9 Å². The van der Waals surface area contributed by atoms with E-state index in [1.807, 2.05) is 12.1 Å². The van der Waals surface area contributed by atoms with Crippen LogP contribution in [0.3, 0.4) is 0 Å². The fourth-order valence-corrected chi connectivity index (χ4v) is 1.42. The lowest BCUT2D eigenvalue weighted by Crippen LogP contribution is -1.86. The van der Waals surface area contributed by atoms with Gasteiger partial charge in [-0.3, -0.25) is 0 Å². The van der Waals surface area contributed by atoms with E-state index in [-0.39, 0.29) is 0 Å². The maximum absolute atomic E-state index is 5.08. The van der Waals surface area contributed by atoms with Gasteiger partial charge in [-0.15, -0.1) is 0 Å². The minimum Gasteiger partial charge on any atom is -0.463 e. The van der Waals surface area contributed by atoms with Crippen LogP contribution >= 0.6 is 0 Å². The van der Waals surface area contributed by atoms with Crippen LogP contribution in [0.5, 0.6) is 0 Å². The molecule has 3 nitrogen and oxygen atoms in total. The molecule has 1 heterocycles. The lowest BCUT2D eigenvalue weighted by Gasteiger charge is -1.87. The Morgan fingerprint density at radius 1 is 1.31 bits per heavy atom. The SMILES string of the molecule is C(=N\N=C1CCCC1)/c1ccco1. The van der Waals surface area contributed by atoms with Crippen LogP contribution in [0.2, 0.25) is 0 Å². The molecule has 1 aliphatic rings. The molecular weight excluding hydrogens is 164 g/mol. The van der Waals surface area contributed by atoms with Crippen molar-refractivity contribution in [1.29, 1.82) is 0 Å². The van der Waals surface area contributed by atoms with Gasteiger partial charge in [0.25, 0.3) is 0 Å². The van der Waals surface area contributed by atoms with Gasteiger partial charge in [-0.2, -0.15) is 10.2 Å². The molecule has 0 saturated heterocycles. The van der Waals surface area contributed by atoms with E-state index in [2.05, 4.69) is 10.2 Å². The molecule has 0 N–H and O–H groups in total. The van der Waals surface area contributed by atoms with Gasteiger partial charge in [-0.25, -0.2) is 0 Å². The first-order chi connectivity index (χ1) is 6.45. The standard InChI is InChI=1S/C10H12N2O/c1-2-5-9(4-1)12-11-8-10-6-3-7-13-10/h3,6-8H,1-2,4-5H2/b11-8+. The fourth-order valence-electron chi connectivity index (χ4n) is 1.42. The van der Waals surface area contributed by atoms with Crippen molar-refractivity contribution in [3.8, 4) is 0 Å². The number of hydrogen-bond acceptors (Lipinski definition) is 3. The van der Waals surface area contributed by atoms with Gasteiger partial charge in [0.1, 0.15) is 5.76 Å². The van der Waals surface area contributed by atoms with Crippen LogP contribution in [-0.2, 0) is 0 Å². The van der Waals surface area contributed by atoms with E-state index < -0.39 is 0 Å². The predicted molar refractivity (Wildman–Crippen MR) is 52.2 cm³/mol. The van der Waals surface area contributed by atoms with Crippen molar-refractivity contribution in [3.05, 3.63) is 24.2 Å². The second-order valence-corrected chi connectivity index (χ2v) is 3.13. The first-order valence-corrected chi connectivity index (χ1v) is 4.57. The molecule has 2 rings (SSSR count). The van der Waals surface area contributed by atoms with E-state index >= 15 is 0 Å². The van der Waals surface area contributed by atoms with Crippen LogP contribution in [-0.4, -0.2) is 11.9 Å². The highest BCUT2D eigenvalue weighted by atomic mass is 16.3. The molecule has 1 aromatic heterocycles. The van der Waals surface area contributed by atoms with Crippen LogP contribution in [0.1, 0.15) is 31.4 Å². The largest absolute Gasteiger partial charge is 0.463 e. The average Bonchev–Trinajstić information content (AvgIpc) is 2.75. The number of rotatable bonds is 2. The minimum absolute atomic E-state index is 0.752. The zero-order valence-electron chi connectivity index (χ0n) is 7.44. The van der Waals surface area contributed by atoms with Gasteiger partial charge in [0.05, 0.1) is 12.5 Å².